The topological polar surface area (TPSA) is 129 Å². The van der Waals surface area contributed by atoms with E-state index in [4.69, 9.17) is 13.9 Å². The van der Waals surface area contributed by atoms with Crippen molar-refractivity contribution in [1.82, 2.24) is 0 Å². The highest BCUT2D eigenvalue weighted by Gasteiger charge is 2.13. The van der Waals surface area contributed by atoms with Crippen LogP contribution in [0.25, 0.3) is 11.0 Å². The maximum absolute atomic E-state index is 11.8. The third-order valence-electron chi connectivity index (χ3n) is 3.49. The van der Waals surface area contributed by atoms with Crippen LogP contribution < -0.4 is 10.4 Å². The molecule has 0 aliphatic rings. The molecule has 3 rings (SSSR count). The molecule has 0 aliphatic carbocycles. The normalized spacial score (nSPS) is 10.6. The molecule has 0 unspecified atom stereocenters. The van der Waals surface area contributed by atoms with Crippen molar-refractivity contribution >= 4 is 38.7 Å². The summed E-state index contributed by atoms with van der Waals surface area (Å²) in [4.78, 5) is 33.5. The highest BCUT2D eigenvalue weighted by molar-refractivity contribution is 9.10. The quantitative estimate of drug-likeness (QED) is 0.215. The zero-order chi connectivity index (χ0) is 19.6. The molecule has 0 atom stereocenters. The van der Waals surface area contributed by atoms with Gasteiger partial charge in [-0.15, -0.1) is 0 Å². The second-order valence-electron chi connectivity index (χ2n) is 5.28. The van der Waals surface area contributed by atoms with E-state index in [0.29, 0.717) is 15.4 Å². The molecular weight excluding hydrogens is 426 g/mol. The molecule has 0 fully saturated rings. The lowest BCUT2D eigenvalue weighted by Gasteiger charge is -2.08. The minimum absolute atomic E-state index is 0.0655. The zero-order valence-electron chi connectivity index (χ0n) is 13.4. The number of hydrogen-bond donors (Lipinski definition) is 1. The van der Waals surface area contributed by atoms with Crippen LogP contribution in [0, 0.1) is 10.1 Å². The zero-order valence-corrected chi connectivity index (χ0v) is 15.0. The minimum Gasteiger partial charge on any atom is -0.507 e. The number of hydrogen-bond acceptors (Lipinski definition) is 8. The molecule has 1 N–H and O–H groups in total. The number of nitro groups is 1. The van der Waals surface area contributed by atoms with Crippen molar-refractivity contribution in [1.29, 1.82) is 0 Å². The van der Waals surface area contributed by atoms with Crippen molar-refractivity contribution in [3.05, 3.63) is 73.0 Å². The number of ether oxygens (including phenoxy) is 2. The Morgan fingerprint density at radius 1 is 1.22 bits per heavy atom. The summed E-state index contributed by atoms with van der Waals surface area (Å²) in [5.74, 6) is -0.0444. The first kappa shape index (κ1) is 18.4. The van der Waals surface area contributed by atoms with Gasteiger partial charge in [-0.05, 0) is 34.1 Å². The molecule has 3 aromatic rings. The Hall–Kier alpha value is -3.40. The van der Waals surface area contributed by atoms with E-state index in [2.05, 4.69) is 15.9 Å². The number of nitrogens with zero attached hydrogens (tertiary/aromatic N) is 1. The van der Waals surface area contributed by atoms with Gasteiger partial charge in [0.25, 0.3) is 5.69 Å². The summed E-state index contributed by atoms with van der Waals surface area (Å²) >= 11 is 3.16. The van der Waals surface area contributed by atoms with Crippen LogP contribution in [-0.2, 0) is 11.3 Å². The highest BCUT2D eigenvalue weighted by Crippen LogP contribution is 2.30. The molecule has 2 aromatic carbocycles. The predicted molar refractivity (Wildman–Crippen MR) is 95.8 cm³/mol. The number of carbonyl (C=O) groups excluding carboxylic acids is 1. The van der Waals surface area contributed by atoms with Crippen LogP contribution in [0.3, 0.4) is 0 Å². The number of benzene rings is 2. The molecule has 1 heterocycles. The monoisotopic (exact) mass is 435 g/mol. The molecule has 0 amide bonds. The fourth-order valence-corrected chi connectivity index (χ4v) is 2.60. The first-order valence-corrected chi connectivity index (χ1v) is 8.17. The molecule has 0 spiro atoms. The smallest absolute Gasteiger partial charge is 0.507 e. The summed E-state index contributed by atoms with van der Waals surface area (Å²) < 4.78 is 15.3. The molecule has 0 saturated carbocycles. The van der Waals surface area contributed by atoms with Gasteiger partial charge in [0.1, 0.15) is 23.7 Å². The average Bonchev–Trinajstić information content (AvgIpc) is 2.61. The van der Waals surface area contributed by atoms with Crippen LogP contribution >= 0.6 is 15.9 Å². The summed E-state index contributed by atoms with van der Waals surface area (Å²) in [7, 11) is 0. The molecular formula is C17H10BrNO8. The molecule has 27 heavy (non-hydrogen) atoms. The van der Waals surface area contributed by atoms with Gasteiger partial charge in [0.2, 0.25) is 0 Å². The van der Waals surface area contributed by atoms with Gasteiger partial charge in [-0.2, -0.15) is 0 Å². The van der Waals surface area contributed by atoms with Crippen LogP contribution in [0.1, 0.15) is 5.56 Å². The molecule has 0 aliphatic heterocycles. The van der Waals surface area contributed by atoms with E-state index >= 15 is 0 Å². The Balaban J connectivity index is 1.74. The first-order valence-electron chi connectivity index (χ1n) is 7.38. The summed E-state index contributed by atoms with van der Waals surface area (Å²) in [5.41, 5.74) is -0.341. The standard InChI is InChI=1S/C17H10BrNO8/c18-13-6-12-9(5-16(21)27-15(12)7-14(13)20)8-25-17(22)26-11-3-1-10(2-4-11)19(23)24/h1-7,20H,8H2. The third kappa shape index (κ3) is 4.23. The van der Waals surface area contributed by atoms with Crippen molar-refractivity contribution in [2.75, 3.05) is 0 Å². The van der Waals surface area contributed by atoms with Crippen LogP contribution in [0.4, 0.5) is 10.5 Å². The van der Waals surface area contributed by atoms with E-state index in [1.165, 1.54) is 36.4 Å². The number of phenols is 1. The van der Waals surface area contributed by atoms with Gasteiger partial charge < -0.3 is 19.0 Å². The van der Waals surface area contributed by atoms with Gasteiger partial charge in [-0.1, -0.05) is 0 Å². The molecule has 9 nitrogen and oxygen atoms in total. The summed E-state index contributed by atoms with van der Waals surface area (Å²) in [6.45, 7) is -0.287. The maximum Gasteiger partial charge on any atom is 0.514 e. The van der Waals surface area contributed by atoms with Crippen molar-refractivity contribution < 1.29 is 28.7 Å². The van der Waals surface area contributed by atoms with Gasteiger partial charge in [-0.3, -0.25) is 10.1 Å². The second kappa shape index (κ2) is 7.46. The van der Waals surface area contributed by atoms with E-state index in [9.17, 15) is 24.8 Å². The van der Waals surface area contributed by atoms with Gasteiger partial charge >= 0.3 is 11.8 Å². The van der Waals surface area contributed by atoms with Gasteiger partial charge in [0, 0.05) is 35.2 Å². The Kier molecular flexibility index (Phi) is 5.08. The summed E-state index contributed by atoms with van der Waals surface area (Å²) in [6, 6.07) is 8.82. The predicted octanol–water partition coefficient (Wildman–Crippen LogP) is 3.88. The summed E-state index contributed by atoms with van der Waals surface area (Å²) in [5, 5.41) is 20.7. The van der Waals surface area contributed by atoms with E-state index in [0.717, 1.165) is 6.07 Å². The number of carbonyl (C=O) groups is 1. The SMILES string of the molecule is O=C(OCc1cc(=O)oc2cc(O)c(Br)cc12)Oc1ccc([N+](=O)[O-])cc1. The first-order chi connectivity index (χ1) is 12.8. The second-order valence-corrected chi connectivity index (χ2v) is 6.14. The Labute approximate surface area is 159 Å². The number of halogens is 1. The van der Waals surface area contributed by atoms with E-state index in [-0.39, 0.29) is 29.4 Å². The molecule has 138 valence electrons. The van der Waals surface area contributed by atoms with Gasteiger partial charge in [0.15, 0.2) is 0 Å². The molecule has 0 bridgehead atoms. The van der Waals surface area contributed by atoms with Crippen molar-refractivity contribution in [3.63, 3.8) is 0 Å². The fourth-order valence-electron chi connectivity index (χ4n) is 2.25. The molecule has 0 saturated heterocycles. The van der Waals surface area contributed by atoms with E-state index < -0.39 is 16.7 Å². The van der Waals surface area contributed by atoms with E-state index in [1.54, 1.807) is 0 Å². The van der Waals surface area contributed by atoms with Crippen molar-refractivity contribution in [2.24, 2.45) is 0 Å². The van der Waals surface area contributed by atoms with Crippen molar-refractivity contribution in [3.8, 4) is 11.5 Å². The molecule has 10 heteroatoms. The fraction of sp³-hybridized carbons (Fsp3) is 0.0588. The number of aromatic hydroxyl groups is 1. The molecule has 1 aromatic heterocycles. The van der Waals surface area contributed by atoms with Crippen LogP contribution in [0.5, 0.6) is 11.5 Å². The Morgan fingerprint density at radius 2 is 1.93 bits per heavy atom. The lowest BCUT2D eigenvalue weighted by atomic mass is 10.1. The number of nitro benzene ring substituents is 1. The number of phenolic OH excluding ortho intramolecular Hbond substituents is 1. The number of fused-ring (bicyclic) bond motifs is 1. The van der Waals surface area contributed by atoms with Crippen LogP contribution in [0.15, 0.2) is 56.1 Å². The Morgan fingerprint density at radius 3 is 2.59 bits per heavy atom. The number of non-ortho nitro benzene ring substituents is 1. The van der Waals surface area contributed by atoms with Gasteiger partial charge in [0.05, 0.1) is 9.40 Å². The Bertz CT molecular complexity index is 1090. The average molecular weight is 436 g/mol. The lowest BCUT2D eigenvalue weighted by molar-refractivity contribution is -0.384. The third-order valence-corrected chi connectivity index (χ3v) is 4.13. The minimum atomic E-state index is -1.05. The molecule has 0 radical (unpaired) electrons. The van der Waals surface area contributed by atoms with Gasteiger partial charge in [-0.25, -0.2) is 9.59 Å². The maximum atomic E-state index is 11.8. The van der Waals surface area contributed by atoms with Crippen LogP contribution in [-0.4, -0.2) is 16.2 Å². The highest BCUT2D eigenvalue weighted by atomic mass is 79.9. The van der Waals surface area contributed by atoms with Crippen LogP contribution in [0.2, 0.25) is 0 Å². The van der Waals surface area contributed by atoms with Crippen molar-refractivity contribution in [2.45, 2.75) is 6.61 Å². The summed E-state index contributed by atoms with van der Waals surface area (Å²) in [6.07, 6.45) is -1.05. The lowest BCUT2D eigenvalue weighted by Crippen LogP contribution is -2.11. The largest absolute Gasteiger partial charge is 0.514 e. The van der Waals surface area contributed by atoms with E-state index in [1.807, 2.05) is 0 Å². The number of rotatable bonds is 4.